The van der Waals surface area contributed by atoms with E-state index < -0.39 is 16.9 Å². The van der Waals surface area contributed by atoms with E-state index in [9.17, 15) is 14.9 Å². The molecule has 7 heteroatoms. The summed E-state index contributed by atoms with van der Waals surface area (Å²) in [6.45, 7) is 4.16. The second-order valence-electron chi connectivity index (χ2n) is 4.40. The summed E-state index contributed by atoms with van der Waals surface area (Å²) in [5.74, 6) is -0.409. The summed E-state index contributed by atoms with van der Waals surface area (Å²) in [4.78, 5) is 21.8. The molecule has 1 unspecified atom stereocenters. The number of nitrogens with two attached hydrogens (primary N) is 1. The molecule has 0 aliphatic heterocycles. The number of benzene rings is 1. The Kier molecular flexibility index (Phi) is 5.92. The highest BCUT2D eigenvalue weighted by atomic mass is 16.6. The maximum Gasteiger partial charge on any atom is 0.313 e. The van der Waals surface area contributed by atoms with Crippen molar-refractivity contribution in [1.29, 1.82) is 0 Å². The Morgan fingerprint density at radius 1 is 1.55 bits per heavy atom. The maximum atomic E-state index is 11.3. The number of para-hydroxylation sites is 1. The molecule has 1 aromatic rings. The molecular weight excluding hydrogens is 262 g/mol. The SMILES string of the molecule is CCCNC(COc1cccc(C)c1[N+](=O)[O-])C(N)=O. The molecule has 1 amide bonds. The van der Waals surface area contributed by atoms with E-state index in [0.717, 1.165) is 6.42 Å². The number of primary amides is 1. The lowest BCUT2D eigenvalue weighted by Crippen LogP contribution is -2.45. The average Bonchev–Trinajstić information content (AvgIpc) is 2.37. The lowest BCUT2D eigenvalue weighted by Gasteiger charge is -2.16. The molecule has 0 aliphatic rings. The largest absolute Gasteiger partial charge is 0.485 e. The average molecular weight is 281 g/mol. The molecule has 110 valence electrons. The number of hydrogen-bond acceptors (Lipinski definition) is 5. The number of aryl methyl sites for hydroxylation is 1. The highest BCUT2D eigenvalue weighted by Gasteiger charge is 2.21. The van der Waals surface area contributed by atoms with Crippen molar-refractivity contribution < 1.29 is 14.5 Å². The smallest absolute Gasteiger partial charge is 0.313 e. The minimum Gasteiger partial charge on any atom is -0.485 e. The van der Waals surface area contributed by atoms with E-state index in [2.05, 4.69) is 5.32 Å². The molecule has 7 nitrogen and oxygen atoms in total. The normalized spacial score (nSPS) is 11.9. The first-order valence-electron chi connectivity index (χ1n) is 6.36. The number of ether oxygens (including phenoxy) is 1. The molecule has 0 saturated carbocycles. The summed E-state index contributed by atoms with van der Waals surface area (Å²) in [5, 5.41) is 13.9. The first-order chi connectivity index (χ1) is 9.47. The molecule has 1 atom stereocenters. The highest BCUT2D eigenvalue weighted by molar-refractivity contribution is 5.80. The number of rotatable bonds is 8. The molecular formula is C13H19N3O4. The van der Waals surface area contributed by atoms with Gasteiger partial charge in [-0.3, -0.25) is 14.9 Å². The number of hydrogen-bond donors (Lipinski definition) is 2. The predicted molar refractivity (Wildman–Crippen MR) is 74.6 cm³/mol. The Morgan fingerprint density at radius 3 is 2.80 bits per heavy atom. The van der Waals surface area contributed by atoms with Crippen LogP contribution in [-0.2, 0) is 4.79 Å². The van der Waals surface area contributed by atoms with Crippen molar-refractivity contribution in [1.82, 2.24) is 5.32 Å². The second kappa shape index (κ2) is 7.44. The van der Waals surface area contributed by atoms with E-state index in [4.69, 9.17) is 10.5 Å². The number of nitrogens with one attached hydrogen (secondary N) is 1. The van der Waals surface area contributed by atoms with Gasteiger partial charge in [0.15, 0.2) is 5.75 Å². The summed E-state index contributed by atoms with van der Waals surface area (Å²) in [6.07, 6.45) is 0.842. The third-order valence-electron chi connectivity index (χ3n) is 2.77. The molecule has 0 heterocycles. The second-order valence-corrected chi connectivity index (χ2v) is 4.40. The van der Waals surface area contributed by atoms with Gasteiger partial charge < -0.3 is 15.8 Å². The van der Waals surface area contributed by atoms with Gasteiger partial charge >= 0.3 is 5.69 Å². The third-order valence-corrected chi connectivity index (χ3v) is 2.77. The van der Waals surface area contributed by atoms with Crippen molar-refractivity contribution in [3.8, 4) is 5.75 Å². The van der Waals surface area contributed by atoms with Gasteiger partial charge in [-0.2, -0.15) is 0 Å². The van der Waals surface area contributed by atoms with Crippen molar-refractivity contribution in [2.75, 3.05) is 13.2 Å². The number of nitrogens with zero attached hydrogens (tertiary/aromatic N) is 1. The number of amides is 1. The van der Waals surface area contributed by atoms with Gasteiger partial charge in [0.1, 0.15) is 12.6 Å². The first kappa shape index (κ1) is 15.9. The van der Waals surface area contributed by atoms with Crippen molar-refractivity contribution in [2.45, 2.75) is 26.3 Å². The van der Waals surface area contributed by atoms with Gasteiger partial charge in [-0.05, 0) is 26.0 Å². The van der Waals surface area contributed by atoms with Gasteiger partial charge in [-0.1, -0.05) is 19.1 Å². The molecule has 0 aliphatic carbocycles. The van der Waals surface area contributed by atoms with E-state index in [-0.39, 0.29) is 18.0 Å². The zero-order chi connectivity index (χ0) is 15.1. The fourth-order valence-electron chi connectivity index (χ4n) is 1.72. The van der Waals surface area contributed by atoms with Crippen LogP contribution in [0.5, 0.6) is 5.75 Å². The molecule has 1 rings (SSSR count). The van der Waals surface area contributed by atoms with Crippen LogP contribution >= 0.6 is 0 Å². The van der Waals surface area contributed by atoms with E-state index in [1.165, 1.54) is 6.07 Å². The molecule has 3 N–H and O–H groups in total. The van der Waals surface area contributed by atoms with Crippen molar-refractivity contribution in [2.24, 2.45) is 5.73 Å². The Hall–Kier alpha value is -2.15. The number of carbonyl (C=O) groups is 1. The van der Waals surface area contributed by atoms with Gasteiger partial charge in [0.25, 0.3) is 0 Å². The van der Waals surface area contributed by atoms with Crippen LogP contribution < -0.4 is 15.8 Å². The molecule has 1 aromatic carbocycles. The summed E-state index contributed by atoms with van der Waals surface area (Å²) < 4.78 is 5.39. The molecule has 0 spiro atoms. The van der Waals surface area contributed by atoms with Gasteiger partial charge in [0, 0.05) is 5.56 Å². The number of nitro groups is 1. The van der Waals surface area contributed by atoms with Crippen molar-refractivity contribution in [3.05, 3.63) is 33.9 Å². The van der Waals surface area contributed by atoms with E-state index >= 15 is 0 Å². The fourth-order valence-corrected chi connectivity index (χ4v) is 1.72. The minimum atomic E-state index is -0.671. The Balaban J connectivity index is 2.80. The zero-order valence-corrected chi connectivity index (χ0v) is 11.6. The van der Waals surface area contributed by atoms with Crippen LogP contribution in [0.25, 0.3) is 0 Å². The molecule has 0 bridgehead atoms. The van der Waals surface area contributed by atoms with Crippen LogP contribution in [0.4, 0.5) is 5.69 Å². The Labute approximate surface area is 117 Å². The van der Waals surface area contributed by atoms with E-state index in [0.29, 0.717) is 12.1 Å². The van der Waals surface area contributed by atoms with E-state index in [1.54, 1.807) is 19.1 Å². The molecule has 0 radical (unpaired) electrons. The summed E-state index contributed by atoms with van der Waals surface area (Å²) in [5.41, 5.74) is 5.67. The standard InChI is InChI=1S/C13H19N3O4/c1-3-7-15-10(13(14)17)8-20-11-6-4-5-9(2)12(11)16(18)19/h4-6,10,15H,3,7-8H2,1-2H3,(H2,14,17). The van der Waals surface area contributed by atoms with Gasteiger partial charge in [-0.25, -0.2) is 0 Å². The van der Waals surface area contributed by atoms with Crippen LogP contribution in [0, 0.1) is 17.0 Å². The molecule has 20 heavy (non-hydrogen) atoms. The van der Waals surface area contributed by atoms with Crippen LogP contribution in [0.15, 0.2) is 18.2 Å². The van der Waals surface area contributed by atoms with Crippen molar-refractivity contribution in [3.63, 3.8) is 0 Å². The highest BCUT2D eigenvalue weighted by Crippen LogP contribution is 2.30. The minimum absolute atomic E-state index is 0.0420. The van der Waals surface area contributed by atoms with Crippen molar-refractivity contribution >= 4 is 11.6 Å². The van der Waals surface area contributed by atoms with Crippen LogP contribution in [0.1, 0.15) is 18.9 Å². The van der Waals surface area contributed by atoms with E-state index in [1.807, 2.05) is 6.92 Å². The lowest BCUT2D eigenvalue weighted by molar-refractivity contribution is -0.386. The molecule has 0 saturated heterocycles. The van der Waals surface area contributed by atoms with Gasteiger partial charge in [0.2, 0.25) is 5.91 Å². The number of carbonyl (C=O) groups excluding carboxylic acids is 1. The maximum absolute atomic E-state index is 11.3. The quantitative estimate of drug-likeness (QED) is 0.548. The monoisotopic (exact) mass is 281 g/mol. The first-order valence-corrected chi connectivity index (χ1v) is 6.36. The van der Waals surface area contributed by atoms with Crippen LogP contribution in [-0.4, -0.2) is 30.0 Å². The Bertz CT molecular complexity index is 491. The summed E-state index contributed by atoms with van der Waals surface area (Å²) in [7, 11) is 0. The third kappa shape index (κ3) is 4.20. The lowest BCUT2D eigenvalue weighted by atomic mass is 10.2. The van der Waals surface area contributed by atoms with Crippen LogP contribution in [0.2, 0.25) is 0 Å². The summed E-state index contributed by atoms with van der Waals surface area (Å²) in [6, 6.07) is 4.13. The molecule has 0 fully saturated rings. The Morgan fingerprint density at radius 2 is 2.25 bits per heavy atom. The summed E-state index contributed by atoms with van der Waals surface area (Å²) >= 11 is 0. The van der Waals surface area contributed by atoms with Gasteiger partial charge in [-0.15, -0.1) is 0 Å². The number of nitro benzene ring substituents is 1. The topological polar surface area (TPSA) is 107 Å². The van der Waals surface area contributed by atoms with Gasteiger partial charge in [0.05, 0.1) is 4.92 Å². The molecule has 0 aromatic heterocycles. The van der Waals surface area contributed by atoms with Crippen LogP contribution in [0.3, 0.4) is 0 Å². The predicted octanol–water partition coefficient (Wildman–Crippen LogP) is 1.14. The zero-order valence-electron chi connectivity index (χ0n) is 11.6. The fraction of sp³-hybridized carbons (Fsp3) is 0.462.